The van der Waals surface area contributed by atoms with Crippen molar-refractivity contribution in [1.29, 1.82) is 0 Å². The van der Waals surface area contributed by atoms with E-state index >= 15 is 0 Å². The zero-order valence-corrected chi connectivity index (χ0v) is 14.2. The van der Waals surface area contributed by atoms with Gasteiger partial charge in [0.25, 0.3) is 0 Å². The van der Waals surface area contributed by atoms with Crippen molar-refractivity contribution in [3.05, 3.63) is 0 Å². The third-order valence-electron chi connectivity index (χ3n) is 0. The molecule has 0 amide bonds. The van der Waals surface area contributed by atoms with Gasteiger partial charge in [0.05, 0.1) is 0 Å². The van der Waals surface area contributed by atoms with Gasteiger partial charge in [-0.2, -0.15) is 0 Å². The van der Waals surface area contributed by atoms with Crippen molar-refractivity contribution >= 4 is 71.9 Å². The summed E-state index contributed by atoms with van der Waals surface area (Å²) in [5.74, 6) is 0. The summed E-state index contributed by atoms with van der Waals surface area (Å²) >= 11 is 0. The molecule has 4 heavy (non-hydrogen) atoms. The Morgan fingerprint density at radius 1 is 1.00 bits per heavy atom. The van der Waals surface area contributed by atoms with Gasteiger partial charge >= 0.3 is 0 Å². The van der Waals surface area contributed by atoms with E-state index < -0.39 is 0 Å². The van der Waals surface area contributed by atoms with Crippen molar-refractivity contribution in [2.45, 2.75) is 0 Å². The van der Waals surface area contributed by atoms with Crippen LogP contribution in [0.25, 0.3) is 0 Å². The van der Waals surface area contributed by atoms with Crippen molar-refractivity contribution in [1.82, 2.24) is 6.15 Å². The first-order valence-electron chi connectivity index (χ1n) is 0. The molecule has 0 aliphatic rings. The SMILES string of the molecule is N.[Ba].[Hg].[Mg]. The minimum absolute atomic E-state index is 0. The van der Waals surface area contributed by atoms with Crippen LogP contribution >= 0.6 is 0 Å². The fourth-order valence-electron chi connectivity index (χ4n) is 0. The fraction of sp³-hybridized carbons (Fsp3) is 0. The standard InChI is InChI=1S/Ba.Hg.Mg.H3N/h;;;1H3. The van der Waals surface area contributed by atoms with E-state index in [1.807, 2.05) is 0 Å². The maximum Gasteiger partial charge on any atom is 0 e. The van der Waals surface area contributed by atoms with E-state index in [0.717, 1.165) is 0 Å². The Balaban J connectivity index is 0. The first kappa shape index (κ1) is 26.9. The molecule has 4 radical (unpaired) electrons. The molecule has 0 aliphatic carbocycles. The maximum atomic E-state index is 0. The third kappa shape index (κ3) is 8.97. The van der Waals surface area contributed by atoms with Crippen LogP contribution in [0.5, 0.6) is 0 Å². The van der Waals surface area contributed by atoms with Crippen molar-refractivity contribution in [2.75, 3.05) is 0 Å². The summed E-state index contributed by atoms with van der Waals surface area (Å²) in [7, 11) is 0. The van der Waals surface area contributed by atoms with Gasteiger partial charge in [-0.25, -0.2) is 0 Å². The summed E-state index contributed by atoms with van der Waals surface area (Å²) in [6.45, 7) is 0. The first-order valence-corrected chi connectivity index (χ1v) is 0. The van der Waals surface area contributed by atoms with Gasteiger partial charge in [0.15, 0.2) is 0 Å². The molecule has 0 unspecified atom stereocenters. The van der Waals surface area contributed by atoms with E-state index in [0.29, 0.717) is 0 Å². The molecule has 0 aromatic rings. The maximum absolute atomic E-state index is 0. The third-order valence-corrected chi connectivity index (χ3v) is 0. The molecular weight excluding hydrogens is 376 g/mol. The summed E-state index contributed by atoms with van der Waals surface area (Å²) in [5, 5.41) is 0. The minimum Gasteiger partial charge on any atom is -0.344 e. The molecule has 0 aromatic heterocycles. The Kier molecular flexibility index (Phi) is 110. The molecule has 0 fully saturated rings. The van der Waals surface area contributed by atoms with Crippen LogP contribution in [-0.2, 0) is 27.7 Å². The Morgan fingerprint density at radius 3 is 1.00 bits per heavy atom. The van der Waals surface area contributed by atoms with Gasteiger partial charge in [0.2, 0.25) is 0 Å². The topological polar surface area (TPSA) is 35.0 Å². The van der Waals surface area contributed by atoms with Crippen molar-refractivity contribution in [3.63, 3.8) is 0 Å². The second-order valence-corrected chi connectivity index (χ2v) is 0. The Labute approximate surface area is 103 Å². The first-order chi connectivity index (χ1) is 0. The second-order valence-electron chi connectivity index (χ2n) is 0. The summed E-state index contributed by atoms with van der Waals surface area (Å²) in [5.41, 5.74) is 0. The fourth-order valence-corrected chi connectivity index (χ4v) is 0. The Morgan fingerprint density at radius 2 is 1.00 bits per heavy atom. The predicted octanol–water partition coefficient (Wildman–Crippen LogP) is -0.602. The van der Waals surface area contributed by atoms with Crippen LogP contribution in [0.2, 0.25) is 0 Å². The van der Waals surface area contributed by atoms with Crippen LogP contribution in [0, 0.1) is 0 Å². The van der Waals surface area contributed by atoms with E-state index in [1.165, 1.54) is 0 Å². The normalized spacial score (nSPS) is 0. The monoisotopic (exact) mass is 381 g/mol. The van der Waals surface area contributed by atoms with Gasteiger partial charge in [0, 0.05) is 99.6 Å². The van der Waals surface area contributed by atoms with Crippen LogP contribution in [0.4, 0.5) is 0 Å². The molecule has 4 heteroatoms. The van der Waals surface area contributed by atoms with Crippen LogP contribution in [0.1, 0.15) is 0 Å². The average molecular weight is 379 g/mol. The predicted molar refractivity (Wildman–Crippen MR) is 16.5 cm³/mol. The molecule has 0 saturated heterocycles. The van der Waals surface area contributed by atoms with E-state index in [-0.39, 0.29) is 106 Å². The summed E-state index contributed by atoms with van der Waals surface area (Å²) in [4.78, 5) is 0. The quantitative estimate of drug-likeness (QED) is 0.561. The largest absolute Gasteiger partial charge is 0.344 e. The zero-order valence-electron chi connectivity index (χ0n) is 2.83. The molecule has 0 rings (SSSR count). The molecule has 14 valence electrons. The van der Waals surface area contributed by atoms with Gasteiger partial charge in [0.1, 0.15) is 0 Å². The van der Waals surface area contributed by atoms with E-state index in [4.69, 9.17) is 0 Å². The molecule has 0 spiro atoms. The minimum atomic E-state index is 0. The molecule has 3 N–H and O–H groups in total. The molecular formula is H3BaHgMgN. The molecule has 0 bridgehead atoms. The van der Waals surface area contributed by atoms with Crippen LogP contribution in [-0.4, -0.2) is 71.9 Å². The Bertz CT molecular complexity index is 8.00. The van der Waals surface area contributed by atoms with Crippen molar-refractivity contribution in [3.8, 4) is 0 Å². The van der Waals surface area contributed by atoms with Crippen molar-refractivity contribution in [2.24, 2.45) is 0 Å². The van der Waals surface area contributed by atoms with Gasteiger partial charge in [-0.15, -0.1) is 0 Å². The van der Waals surface area contributed by atoms with E-state index in [1.54, 1.807) is 0 Å². The van der Waals surface area contributed by atoms with Crippen LogP contribution in [0.3, 0.4) is 0 Å². The summed E-state index contributed by atoms with van der Waals surface area (Å²) < 4.78 is 0. The van der Waals surface area contributed by atoms with Crippen molar-refractivity contribution < 1.29 is 27.7 Å². The molecule has 1 nitrogen and oxygen atoms in total. The molecule has 0 aliphatic heterocycles. The number of hydrogen-bond donors (Lipinski definition) is 1. The smallest absolute Gasteiger partial charge is 0 e. The molecule has 0 aromatic carbocycles. The van der Waals surface area contributed by atoms with Gasteiger partial charge in [-0.3, -0.25) is 0 Å². The van der Waals surface area contributed by atoms with Crippen LogP contribution in [0.15, 0.2) is 0 Å². The van der Waals surface area contributed by atoms with Gasteiger partial charge in [-0.05, 0) is 0 Å². The van der Waals surface area contributed by atoms with E-state index in [2.05, 4.69) is 0 Å². The summed E-state index contributed by atoms with van der Waals surface area (Å²) in [6.07, 6.45) is 0. The number of hydrogen-bond acceptors (Lipinski definition) is 1. The van der Waals surface area contributed by atoms with Gasteiger partial charge in [-0.1, -0.05) is 0 Å². The molecule has 0 atom stereocenters. The Hall–Kier alpha value is 3.23. The molecule has 0 heterocycles. The second kappa shape index (κ2) is 16.3. The average Bonchev–Trinajstić information content (AvgIpc) is 0. The molecule has 0 saturated carbocycles. The van der Waals surface area contributed by atoms with Gasteiger partial charge < -0.3 is 6.15 Å². The van der Waals surface area contributed by atoms with E-state index in [9.17, 15) is 0 Å². The van der Waals surface area contributed by atoms with Crippen LogP contribution < -0.4 is 6.15 Å². The summed E-state index contributed by atoms with van der Waals surface area (Å²) in [6, 6.07) is 0. The number of rotatable bonds is 0. The zero-order chi connectivity index (χ0) is 0.